The van der Waals surface area contributed by atoms with Gasteiger partial charge in [0, 0.05) is 17.3 Å². The highest BCUT2D eigenvalue weighted by Crippen LogP contribution is 2.33. The molecule has 2 atom stereocenters. The molecule has 0 radical (unpaired) electrons. The summed E-state index contributed by atoms with van der Waals surface area (Å²) >= 11 is 0. The first-order valence-electron chi connectivity index (χ1n) is 8.00. The Balaban J connectivity index is 1.82. The number of hydrogen-bond donors (Lipinski definition) is 1. The first-order valence-corrected chi connectivity index (χ1v) is 8.00. The van der Waals surface area contributed by atoms with Gasteiger partial charge in [-0.2, -0.15) is 10.1 Å². The van der Waals surface area contributed by atoms with Gasteiger partial charge in [0.05, 0.1) is 17.8 Å². The molecule has 0 unspecified atom stereocenters. The summed E-state index contributed by atoms with van der Waals surface area (Å²) in [5, 5.41) is 12.1. The fraction of sp³-hybridized carbons (Fsp3) is 0.688. The van der Waals surface area contributed by atoms with E-state index in [2.05, 4.69) is 52.9 Å². The Hall–Kier alpha value is -1.69. The summed E-state index contributed by atoms with van der Waals surface area (Å²) in [5.41, 5.74) is 2.68. The monoisotopic (exact) mass is 303 g/mol. The van der Waals surface area contributed by atoms with Crippen LogP contribution in [0.25, 0.3) is 0 Å². The Morgan fingerprint density at radius 1 is 1.41 bits per heavy atom. The molecular weight excluding hydrogens is 278 g/mol. The van der Waals surface area contributed by atoms with Crippen LogP contribution in [0.4, 0.5) is 0 Å². The number of nitrogens with zero attached hydrogens (tertiary/aromatic N) is 4. The molecular formula is C16H25N5O. The molecule has 0 fully saturated rings. The third-order valence-electron chi connectivity index (χ3n) is 4.18. The Kier molecular flexibility index (Phi) is 3.80. The van der Waals surface area contributed by atoms with E-state index in [1.807, 2.05) is 13.1 Å². The van der Waals surface area contributed by atoms with Gasteiger partial charge in [-0.05, 0) is 53.9 Å². The zero-order valence-electron chi connectivity index (χ0n) is 14.1. The molecule has 0 saturated heterocycles. The van der Waals surface area contributed by atoms with Gasteiger partial charge in [0.25, 0.3) is 0 Å². The van der Waals surface area contributed by atoms with Gasteiger partial charge in [-0.15, -0.1) is 0 Å². The fourth-order valence-electron chi connectivity index (χ4n) is 3.17. The number of rotatable bonds is 3. The lowest BCUT2D eigenvalue weighted by atomic mass is 9.91. The molecule has 6 nitrogen and oxygen atoms in total. The van der Waals surface area contributed by atoms with Crippen LogP contribution in [0.2, 0.25) is 0 Å². The predicted octanol–water partition coefficient (Wildman–Crippen LogP) is 3.06. The SMILES string of the molecule is Cc1noc([C@H](C)N[C@H]2CCCc3c2cnn3C(C)(C)C)n1. The van der Waals surface area contributed by atoms with Crippen molar-refractivity contribution in [2.45, 2.75) is 71.5 Å². The van der Waals surface area contributed by atoms with Crippen LogP contribution in [0.1, 0.15) is 75.6 Å². The van der Waals surface area contributed by atoms with Crippen molar-refractivity contribution in [2.24, 2.45) is 0 Å². The average Bonchev–Trinajstić information content (AvgIpc) is 3.04. The van der Waals surface area contributed by atoms with E-state index >= 15 is 0 Å². The van der Waals surface area contributed by atoms with E-state index in [0.29, 0.717) is 17.8 Å². The molecule has 2 aromatic rings. The third kappa shape index (κ3) is 2.79. The van der Waals surface area contributed by atoms with Crippen molar-refractivity contribution in [2.75, 3.05) is 0 Å². The Bertz CT molecular complexity index is 652. The van der Waals surface area contributed by atoms with Crippen LogP contribution >= 0.6 is 0 Å². The van der Waals surface area contributed by atoms with Gasteiger partial charge in [0.2, 0.25) is 5.89 Å². The lowest BCUT2D eigenvalue weighted by Gasteiger charge is -2.29. The summed E-state index contributed by atoms with van der Waals surface area (Å²) in [6, 6.07) is 0.331. The highest BCUT2D eigenvalue weighted by molar-refractivity contribution is 5.26. The fourth-order valence-corrected chi connectivity index (χ4v) is 3.17. The van der Waals surface area contributed by atoms with E-state index < -0.39 is 0 Å². The molecule has 0 bridgehead atoms. The summed E-state index contributed by atoms with van der Waals surface area (Å²) in [7, 11) is 0. The zero-order chi connectivity index (χ0) is 15.9. The highest BCUT2D eigenvalue weighted by Gasteiger charge is 2.29. The van der Waals surface area contributed by atoms with Crippen molar-refractivity contribution < 1.29 is 4.52 Å². The molecule has 0 spiro atoms. The molecule has 1 aliphatic rings. The summed E-state index contributed by atoms with van der Waals surface area (Å²) in [4.78, 5) is 4.32. The molecule has 120 valence electrons. The van der Waals surface area contributed by atoms with Crippen LogP contribution in [-0.2, 0) is 12.0 Å². The van der Waals surface area contributed by atoms with Gasteiger partial charge in [0.15, 0.2) is 5.82 Å². The van der Waals surface area contributed by atoms with Gasteiger partial charge in [0.1, 0.15) is 0 Å². The van der Waals surface area contributed by atoms with Gasteiger partial charge < -0.3 is 4.52 Å². The Morgan fingerprint density at radius 2 is 2.18 bits per heavy atom. The molecule has 2 heterocycles. The largest absolute Gasteiger partial charge is 0.338 e. The predicted molar refractivity (Wildman–Crippen MR) is 83.5 cm³/mol. The molecule has 1 N–H and O–H groups in total. The van der Waals surface area contributed by atoms with Gasteiger partial charge in [-0.1, -0.05) is 5.16 Å². The molecule has 0 amide bonds. The van der Waals surface area contributed by atoms with Gasteiger partial charge >= 0.3 is 0 Å². The third-order valence-corrected chi connectivity index (χ3v) is 4.18. The average molecular weight is 303 g/mol. The number of hydrogen-bond acceptors (Lipinski definition) is 5. The quantitative estimate of drug-likeness (QED) is 0.943. The maximum absolute atomic E-state index is 5.27. The smallest absolute Gasteiger partial charge is 0.243 e. The van der Waals surface area contributed by atoms with E-state index in [9.17, 15) is 0 Å². The molecule has 1 aliphatic carbocycles. The van der Waals surface area contributed by atoms with Crippen LogP contribution in [0.5, 0.6) is 0 Å². The number of aromatic nitrogens is 4. The molecule has 0 saturated carbocycles. The summed E-state index contributed by atoms with van der Waals surface area (Å²) in [6.45, 7) is 10.5. The van der Waals surface area contributed by atoms with Gasteiger partial charge in [-0.3, -0.25) is 10.00 Å². The molecule has 0 aliphatic heterocycles. The molecule has 2 aromatic heterocycles. The van der Waals surface area contributed by atoms with Crippen LogP contribution < -0.4 is 5.32 Å². The molecule has 22 heavy (non-hydrogen) atoms. The second kappa shape index (κ2) is 5.50. The topological polar surface area (TPSA) is 68.8 Å². The highest BCUT2D eigenvalue weighted by atomic mass is 16.5. The van der Waals surface area contributed by atoms with Crippen molar-refractivity contribution in [3.63, 3.8) is 0 Å². The molecule has 0 aromatic carbocycles. The van der Waals surface area contributed by atoms with Crippen molar-refractivity contribution in [3.05, 3.63) is 29.2 Å². The normalized spacial score (nSPS) is 20.0. The number of aryl methyl sites for hydroxylation is 1. The van der Waals surface area contributed by atoms with Crippen LogP contribution in [-0.4, -0.2) is 19.9 Å². The second-order valence-electron chi connectivity index (χ2n) is 7.14. The standard InChI is InChI=1S/C16H25N5O/c1-10(15-19-11(2)20-22-15)18-13-7-6-8-14-12(13)9-17-21(14)16(3,4)5/h9-10,13,18H,6-8H2,1-5H3/t10-,13-/m0/s1. The second-order valence-corrected chi connectivity index (χ2v) is 7.14. The van der Waals surface area contributed by atoms with Crippen LogP contribution in [0, 0.1) is 6.92 Å². The van der Waals surface area contributed by atoms with E-state index in [4.69, 9.17) is 4.52 Å². The summed E-state index contributed by atoms with van der Waals surface area (Å²) in [5.74, 6) is 1.32. The van der Waals surface area contributed by atoms with Crippen LogP contribution in [0.3, 0.4) is 0 Å². The zero-order valence-corrected chi connectivity index (χ0v) is 14.1. The lowest BCUT2D eigenvalue weighted by molar-refractivity contribution is 0.306. The summed E-state index contributed by atoms with van der Waals surface area (Å²) < 4.78 is 7.43. The van der Waals surface area contributed by atoms with Crippen molar-refractivity contribution in [1.82, 2.24) is 25.2 Å². The van der Waals surface area contributed by atoms with E-state index in [1.165, 1.54) is 17.7 Å². The Morgan fingerprint density at radius 3 is 2.82 bits per heavy atom. The van der Waals surface area contributed by atoms with E-state index in [-0.39, 0.29) is 11.6 Å². The maximum Gasteiger partial charge on any atom is 0.243 e. The summed E-state index contributed by atoms with van der Waals surface area (Å²) in [6.07, 6.45) is 5.39. The van der Waals surface area contributed by atoms with Crippen molar-refractivity contribution in [3.8, 4) is 0 Å². The first kappa shape index (κ1) is 15.2. The minimum absolute atomic E-state index is 0.0185. The number of nitrogens with one attached hydrogen (secondary N) is 1. The van der Waals surface area contributed by atoms with Crippen LogP contribution in [0.15, 0.2) is 10.7 Å². The minimum Gasteiger partial charge on any atom is -0.338 e. The minimum atomic E-state index is 0.0185. The molecule has 3 rings (SSSR count). The first-order chi connectivity index (χ1) is 10.4. The van der Waals surface area contributed by atoms with E-state index in [0.717, 1.165) is 12.8 Å². The maximum atomic E-state index is 5.27. The number of fused-ring (bicyclic) bond motifs is 1. The Labute approximate surface area is 131 Å². The van der Waals surface area contributed by atoms with Crippen molar-refractivity contribution in [1.29, 1.82) is 0 Å². The molecule has 6 heteroatoms. The van der Waals surface area contributed by atoms with Crippen molar-refractivity contribution >= 4 is 0 Å². The van der Waals surface area contributed by atoms with E-state index in [1.54, 1.807) is 0 Å². The van der Waals surface area contributed by atoms with Gasteiger partial charge in [-0.25, -0.2) is 0 Å². The lowest BCUT2D eigenvalue weighted by Crippen LogP contribution is -2.30.